The van der Waals surface area contributed by atoms with Crippen LogP contribution in [0.2, 0.25) is 0 Å². The highest BCUT2D eigenvalue weighted by molar-refractivity contribution is 5.78. The molecule has 0 bridgehead atoms. The van der Waals surface area contributed by atoms with Crippen molar-refractivity contribution in [2.45, 2.75) is 57.3 Å². The molecule has 1 saturated heterocycles. The predicted molar refractivity (Wildman–Crippen MR) is 102 cm³/mol. The second-order valence-corrected chi connectivity index (χ2v) is 8.34. The molecule has 2 atom stereocenters. The first-order valence-electron chi connectivity index (χ1n) is 10.1. The number of carbonyl (C=O) groups excluding carboxylic acids is 1. The van der Waals surface area contributed by atoms with Crippen LogP contribution in [0.15, 0.2) is 24.3 Å². The first-order valence-corrected chi connectivity index (χ1v) is 10.1. The van der Waals surface area contributed by atoms with Crippen LogP contribution < -0.4 is 5.32 Å². The van der Waals surface area contributed by atoms with Gasteiger partial charge in [-0.1, -0.05) is 24.3 Å². The van der Waals surface area contributed by atoms with Gasteiger partial charge < -0.3 is 10.4 Å². The lowest BCUT2D eigenvalue weighted by molar-refractivity contribution is -0.138. The number of nitrogens with one attached hydrogen (secondary N) is 1. The van der Waals surface area contributed by atoms with E-state index in [4.69, 9.17) is 0 Å². The number of carboxylic acids is 1. The first kappa shape index (κ1) is 18.4. The van der Waals surface area contributed by atoms with Gasteiger partial charge in [0.25, 0.3) is 0 Å². The topological polar surface area (TPSA) is 72.9 Å². The van der Waals surface area contributed by atoms with Crippen molar-refractivity contribution in [1.29, 1.82) is 0 Å². The summed E-state index contributed by atoms with van der Waals surface area (Å²) < 4.78 is 0. The SMILES string of the molecule is O=C(O)C[C@H]1CC[C@@H](CNC(=O)CN2Cc3ccccc3C2)N1CC1CC1. The van der Waals surface area contributed by atoms with Crippen LogP contribution >= 0.6 is 0 Å². The van der Waals surface area contributed by atoms with E-state index in [9.17, 15) is 14.7 Å². The molecule has 1 aromatic rings. The average Bonchev–Trinajstić information content (AvgIpc) is 3.24. The molecule has 0 aromatic heterocycles. The third-order valence-electron chi connectivity index (χ3n) is 6.16. The summed E-state index contributed by atoms with van der Waals surface area (Å²) in [5.74, 6) is 0.0654. The summed E-state index contributed by atoms with van der Waals surface area (Å²) in [6.07, 6.45) is 4.61. The van der Waals surface area contributed by atoms with E-state index in [1.165, 1.54) is 24.0 Å². The number of carboxylic acid groups (broad SMARTS) is 1. The molecule has 2 aliphatic heterocycles. The molecule has 2 fully saturated rings. The van der Waals surface area contributed by atoms with Crippen molar-refractivity contribution < 1.29 is 14.7 Å². The minimum absolute atomic E-state index is 0.0656. The van der Waals surface area contributed by atoms with E-state index in [-0.39, 0.29) is 24.4 Å². The van der Waals surface area contributed by atoms with Gasteiger partial charge in [0.15, 0.2) is 0 Å². The second-order valence-electron chi connectivity index (χ2n) is 8.34. The maximum atomic E-state index is 12.4. The lowest BCUT2D eigenvalue weighted by atomic mass is 10.1. The van der Waals surface area contributed by atoms with E-state index in [0.29, 0.717) is 13.1 Å². The highest BCUT2D eigenvalue weighted by Gasteiger charge is 2.38. The van der Waals surface area contributed by atoms with Gasteiger partial charge in [0, 0.05) is 38.3 Å². The number of carbonyl (C=O) groups is 2. The molecule has 27 heavy (non-hydrogen) atoms. The molecule has 0 unspecified atom stereocenters. The third kappa shape index (κ3) is 4.68. The summed E-state index contributed by atoms with van der Waals surface area (Å²) in [5.41, 5.74) is 2.63. The summed E-state index contributed by atoms with van der Waals surface area (Å²) in [7, 11) is 0. The van der Waals surface area contributed by atoms with Gasteiger partial charge in [0.05, 0.1) is 13.0 Å². The molecule has 2 heterocycles. The zero-order chi connectivity index (χ0) is 18.8. The fourth-order valence-electron chi connectivity index (χ4n) is 4.56. The highest BCUT2D eigenvalue weighted by atomic mass is 16.4. The lowest BCUT2D eigenvalue weighted by Gasteiger charge is -2.30. The molecule has 1 aliphatic carbocycles. The van der Waals surface area contributed by atoms with Crippen LogP contribution in [0, 0.1) is 5.92 Å². The van der Waals surface area contributed by atoms with Crippen LogP contribution in [0.1, 0.15) is 43.2 Å². The first-order chi connectivity index (χ1) is 13.1. The van der Waals surface area contributed by atoms with E-state index in [0.717, 1.165) is 38.4 Å². The fourth-order valence-corrected chi connectivity index (χ4v) is 4.56. The van der Waals surface area contributed by atoms with Crippen molar-refractivity contribution in [1.82, 2.24) is 15.1 Å². The molecular weight excluding hydrogens is 342 g/mol. The number of amides is 1. The van der Waals surface area contributed by atoms with Gasteiger partial charge in [-0.3, -0.25) is 19.4 Å². The molecule has 0 radical (unpaired) electrons. The Morgan fingerprint density at radius 3 is 2.33 bits per heavy atom. The van der Waals surface area contributed by atoms with Gasteiger partial charge in [0.2, 0.25) is 5.91 Å². The number of nitrogens with zero attached hydrogens (tertiary/aromatic N) is 2. The maximum Gasteiger partial charge on any atom is 0.304 e. The van der Waals surface area contributed by atoms with Crippen molar-refractivity contribution in [2.24, 2.45) is 5.92 Å². The molecule has 2 N–H and O–H groups in total. The normalized spacial score (nSPS) is 25.5. The Morgan fingerprint density at radius 2 is 1.70 bits per heavy atom. The molecule has 6 heteroatoms. The minimum Gasteiger partial charge on any atom is -0.481 e. The Morgan fingerprint density at radius 1 is 1.04 bits per heavy atom. The summed E-state index contributed by atoms with van der Waals surface area (Å²) in [6.45, 7) is 3.70. The van der Waals surface area contributed by atoms with Crippen molar-refractivity contribution in [3.05, 3.63) is 35.4 Å². The van der Waals surface area contributed by atoms with E-state index >= 15 is 0 Å². The highest BCUT2D eigenvalue weighted by Crippen LogP contribution is 2.35. The maximum absolute atomic E-state index is 12.4. The van der Waals surface area contributed by atoms with Gasteiger partial charge in [-0.05, 0) is 42.7 Å². The smallest absolute Gasteiger partial charge is 0.304 e. The van der Waals surface area contributed by atoms with Crippen LogP contribution in [0.25, 0.3) is 0 Å². The Labute approximate surface area is 160 Å². The Bertz CT molecular complexity index is 679. The lowest BCUT2D eigenvalue weighted by Crippen LogP contribution is -2.46. The molecule has 6 nitrogen and oxygen atoms in total. The number of rotatable bonds is 8. The Hall–Kier alpha value is -1.92. The zero-order valence-corrected chi connectivity index (χ0v) is 15.8. The van der Waals surface area contributed by atoms with Gasteiger partial charge in [-0.2, -0.15) is 0 Å². The quantitative estimate of drug-likeness (QED) is 0.729. The summed E-state index contributed by atoms with van der Waals surface area (Å²) in [6, 6.07) is 8.75. The van der Waals surface area contributed by atoms with E-state index in [1.807, 2.05) is 12.1 Å². The molecule has 4 rings (SSSR count). The van der Waals surface area contributed by atoms with E-state index in [1.54, 1.807) is 0 Å². The van der Waals surface area contributed by atoms with Gasteiger partial charge in [-0.15, -0.1) is 0 Å². The second kappa shape index (κ2) is 7.98. The average molecular weight is 371 g/mol. The number of fused-ring (bicyclic) bond motifs is 1. The van der Waals surface area contributed by atoms with E-state index < -0.39 is 5.97 Å². The molecule has 1 aromatic carbocycles. The number of benzene rings is 1. The molecular formula is C21H29N3O3. The fraction of sp³-hybridized carbons (Fsp3) is 0.619. The summed E-state index contributed by atoms with van der Waals surface area (Å²) in [5, 5.41) is 12.3. The molecule has 3 aliphatic rings. The molecule has 1 amide bonds. The monoisotopic (exact) mass is 371 g/mol. The van der Waals surface area contributed by atoms with Crippen molar-refractivity contribution in [3.8, 4) is 0 Å². The van der Waals surface area contributed by atoms with Crippen LogP contribution in [0.5, 0.6) is 0 Å². The van der Waals surface area contributed by atoms with Crippen molar-refractivity contribution in [3.63, 3.8) is 0 Å². The zero-order valence-electron chi connectivity index (χ0n) is 15.8. The number of likely N-dealkylation sites (tertiary alicyclic amines) is 1. The Balaban J connectivity index is 1.26. The third-order valence-corrected chi connectivity index (χ3v) is 6.16. The van der Waals surface area contributed by atoms with Gasteiger partial charge in [-0.25, -0.2) is 0 Å². The number of hydrogen-bond acceptors (Lipinski definition) is 4. The standard InChI is InChI=1S/C21H29N3O3/c25-20(14-23-12-16-3-1-2-4-17(16)13-23)22-10-19-8-7-18(9-21(26)27)24(19)11-15-5-6-15/h1-4,15,18-19H,5-14H2,(H,22,25)(H,26,27)/t18-,19+/m1/s1. The number of hydrogen-bond donors (Lipinski definition) is 2. The minimum atomic E-state index is -0.723. The van der Waals surface area contributed by atoms with Crippen molar-refractivity contribution in [2.75, 3.05) is 19.6 Å². The van der Waals surface area contributed by atoms with Crippen LogP contribution in [0.3, 0.4) is 0 Å². The van der Waals surface area contributed by atoms with Crippen LogP contribution in [-0.4, -0.2) is 58.5 Å². The van der Waals surface area contributed by atoms with Crippen LogP contribution in [0.4, 0.5) is 0 Å². The van der Waals surface area contributed by atoms with Crippen molar-refractivity contribution >= 4 is 11.9 Å². The molecule has 146 valence electrons. The summed E-state index contributed by atoms with van der Waals surface area (Å²) >= 11 is 0. The van der Waals surface area contributed by atoms with Crippen LogP contribution in [-0.2, 0) is 22.7 Å². The predicted octanol–water partition coefficient (Wildman–Crippen LogP) is 1.84. The summed E-state index contributed by atoms with van der Waals surface area (Å²) in [4.78, 5) is 28.1. The van der Waals surface area contributed by atoms with E-state index in [2.05, 4.69) is 27.2 Å². The van der Waals surface area contributed by atoms with Gasteiger partial charge in [0.1, 0.15) is 0 Å². The molecule has 0 spiro atoms. The largest absolute Gasteiger partial charge is 0.481 e. The Kier molecular flexibility index (Phi) is 5.45. The van der Waals surface area contributed by atoms with Gasteiger partial charge >= 0.3 is 5.97 Å². The molecule has 1 saturated carbocycles. The number of aliphatic carboxylic acids is 1.